The molecule has 1 aromatic heterocycles. The third kappa shape index (κ3) is 3.74. The zero-order valence-electron chi connectivity index (χ0n) is 14.3. The van der Waals surface area contributed by atoms with Crippen molar-refractivity contribution in [2.75, 3.05) is 11.9 Å². The molecule has 1 saturated carbocycles. The highest BCUT2D eigenvalue weighted by Gasteiger charge is 2.34. The molecular weight excluding hydrogens is 318 g/mol. The van der Waals surface area contributed by atoms with Gasteiger partial charge in [0.25, 0.3) is 11.8 Å². The second kappa shape index (κ2) is 7.11. The van der Waals surface area contributed by atoms with Gasteiger partial charge < -0.3 is 20.8 Å². The first-order valence-corrected chi connectivity index (χ1v) is 8.51. The van der Waals surface area contributed by atoms with Gasteiger partial charge in [0.2, 0.25) is 0 Å². The number of nitrogens with one attached hydrogen (secondary N) is 2. The topological polar surface area (TPSA) is 97.4 Å². The van der Waals surface area contributed by atoms with Crippen molar-refractivity contribution >= 4 is 17.5 Å². The lowest BCUT2D eigenvalue weighted by Crippen LogP contribution is -2.51. The van der Waals surface area contributed by atoms with E-state index in [1.54, 1.807) is 24.3 Å². The van der Waals surface area contributed by atoms with Crippen LogP contribution in [-0.2, 0) is 0 Å². The van der Waals surface area contributed by atoms with E-state index < -0.39 is 0 Å². The minimum absolute atomic E-state index is 0.166. The van der Waals surface area contributed by atoms with Crippen molar-refractivity contribution in [2.24, 2.45) is 5.73 Å². The van der Waals surface area contributed by atoms with Gasteiger partial charge in [-0.05, 0) is 49.6 Å². The first kappa shape index (κ1) is 17.2. The monoisotopic (exact) mass is 341 g/mol. The molecule has 25 heavy (non-hydrogen) atoms. The molecule has 3 rings (SSSR count). The molecule has 6 nitrogen and oxygen atoms in total. The molecule has 2 amide bonds. The van der Waals surface area contributed by atoms with Crippen LogP contribution < -0.4 is 16.4 Å². The fraction of sp³-hybridized carbons (Fsp3) is 0.368. The maximum atomic E-state index is 12.6. The first-order valence-electron chi connectivity index (χ1n) is 8.51. The molecule has 0 atom stereocenters. The molecule has 4 N–H and O–H groups in total. The van der Waals surface area contributed by atoms with Crippen LogP contribution >= 0.6 is 0 Å². The van der Waals surface area contributed by atoms with Crippen molar-refractivity contribution < 1.29 is 14.0 Å². The predicted octanol–water partition coefficient (Wildman–Crippen LogP) is 2.84. The van der Waals surface area contributed by atoms with E-state index in [1.165, 1.54) is 6.26 Å². The van der Waals surface area contributed by atoms with Gasteiger partial charge in [-0.25, -0.2) is 0 Å². The summed E-state index contributed by atoms with van der Waals surface area (Å²) >= 11 is 0. The van der Waals surface area contributed by atoms with Gasteiger partial charge in [-0.3, -0.25) is 9.59 Å². The second-order valence-electron chi connectivity index (χ2n) is 6.61. The summed E-state index contributed by atoms with van der Waals surface area (Å²) in [6.07, 6.45) is 5.41. The standard InChI is InChI=1S/C19H23N3O3/c1-13-6-7-14(17(23)22-19(12-20)8-2-3-9-19)11-15(13)21-18(24)16-5-4-10-25-16/h4-7,10-11H,2-3,8-9,12,20H2,1H3,(H,21,24)(H,22,23). The highest BCUT2D eigenvalue weighted by atomic mass is 16.3. The highest BCUT2D eigenvalue weighted by molar-refractivity contribution is 6.04. The van der Waals surface area contributed by atoms with E-state index in [4.69, 9.17) is 10.2 Å². The molecule has 0 unspecified atom stereocenters. The molecule has 1 aliphatic rings. The van der Waals surface area contributed by atoms with Crippen molar-refractivity contribution in [2.45, 2.75) is 38.1 Å². The van der Waals surface area contributed by atoms with Crippen LogP contribution in [0.5, 0.6) is 0 Å². The average molecular weight is 341 g/mol. The van der Waals surface area contributed by atoms with Gasteiger partial charge in [-0.15, -0.1) is 0 Å². The van der Waals surface area contributed by atoms with Gasteiger partial charge in [-0.1, -0.05) is 18.9 Å². The lowest BCUT2D eigenvalue weighted by Gasteiger charge is -2.28. The van der Waals surface area contributed by atoms with Crippen molar-refractivity contribution in [3.63, 3.8) is 0 Å². The largest absolute Gasteiger partial charge is 0.459 e. The van der Waals surface area contributed by atoms with E-state index >= 15 is 0 Å². The number of rotatable bonds is 5. The molecule has 1 aromatic carbocycles. The fourth-order valence-electron chi connectivity index (χ4n) is 3.23. The van der Waals surface area contributed by atoms with Crippen LogP contribution in [0.25, 0.3) is 0 Å². The van der Waals surface area contributed by atoms with Crippen LogP contribution in [0.1, 0.15) is 52.2 Å². The highest BCUT2D eigenvalue weighted by Crippen LogP contribution is 2.29. The summed E-state index contributed by atoms with van der Waals surface area (Å²) in [7, 11) is 0. The Kier molecular flexibility index (Phi) is 4.90. The summed E-state index contributed by atoms with van der Waals surface area (Å²) in [5.74, 6) is -0.289. The Hall–Kier alpha value is -2.60. The Labute approximate surface area is 146 Å². The molecule has 2 aromatic rings. The zero-order valence-corrected chi connectivity index (χ0v) is 14.3. The summed E-state index contributed by atoms with van der Waals surface area (Å²) in [5, 5.41) is 5.88. The molecule has 0 saturated heterocycles. The van der Waals surface area contributed by atoms with Gasteiger partial charge in [0.15, 0.2) is 5.76 Å². The molecule has 1 heterocycles. The molecule has 1 fully saturated rings. The number of furan rings is 1. The summed E-state index contributed by atoms with van der Waals surface area (Å²) in [5.41, 5.74) is 7.53. The maximum absolute atomic E-state index is 12.6. The molecule has 0 radical (unpaired) electrons. The third-order valence-corrected chi connectivity index (χ3v) is 4.82. The molecule has 1 aliphatic carbocycles. The Morgan fingerprint density at radius 1 is 1.20 bits per heavy atom. The van der Waals surface area contributed by atoms with Crippen molar-refractivity contribution in [1.82, 2.24) is 5.32 Å². The maximum Gasteiger partial charge on any atom is 0.291 e. The Bertz CT molecular complexity index is 762. The van der Waals surface area contributed by atoms with Gasteiger partial charge in [0.05, 0.1) is 11.8 Å². The summed E-state index contributed by atoms with van der Waals surface area (Å²) < 4.78 is 5.10. The van der Waals surface area contributed by atoms with E-state index in [-0.39, 0.29) is 23.1 Å². The zero-order chi connectivity index (χ0) is 17.9. The molecule has 0 aliphatic heterocycles. The van der Waals surface area contributed by atoms with Crippen LogP contribution in [0.4, 0.5) is 5.69 Å². The van der Waals surface area contributed by atoms with Crippen LogP contribution in [0.15, 0.2) is 41.0 Å². The smallest absolute Gasteiger partial charge is 0.291 e. The predicted molar refractivity (Wildman–Crippen MR) is 95.6 cm³/mol. The van der Waals surface area contributed by atoms with Gasteiger partial charge in [0, 0.05) is 17.8 Å². The van der Waals surface area contributed by atoms with E-state index in [9.17, 15) is 9.59 Å². The average Bonchev–Trinajstić information content (AvgIpc) is 3.29. The van der Waals surface area contributed by atoms with E-state index in [2.05, 4.69) is 10.6 Å². The van der Waals surface area contributed by atoms with Crippen LogP contribution in [-0.4, -0.2) is 23.9 Å². The number of carbonyl (C=O) groups is 2. The molecule has 132 valence electrons. The lowest BCUT2D eigenvalue weighted by atomic mass is 9.97. The van der Waals surface area contributed by atoms with Crippen LogP contribution in [0.2, 0.25) is 0 Å². The number of hydrogen-bond donors (Lipinski definition) is 3. The van der Waals surface area contributed by atoms with Crippen molar-refractivity contribution in [3.05, 3.63) is 53.5 Å². The summed E-state index contributed by atoms with van der Waals surface area (Å²) in [6, 6.07) is 8.50. The normalized spacial score (nSPS) is 15.8. The number of nitrogens with two attached hydrogens (primary N) is 1. The number of carbonyl (C=O) groups excluding carboxylic acids is 2. The molecular formula is C19H23N3O3. The van der Waals surface area contributed by atoms with Gasteiger partial charge >= 0.3 is 0 Å². The van der Waals surface area contributed by atoms with Crippen LogP contribution in [0, 0.1) is 6.92 Å². The lowest BCUT2D eigenvalue weighted by molar-refractivity contribution is 0.0902. The van der Waals surface area contributed by atoms with Gasteiger partial charge in [-0.2, -0.15) is 0 Å². The van der Waals surface area contributed by atoms with Crippen molar-refractivity contribution in [3.8, 4) is 0 Å². The Morgan fingerprint density at radius 3 is 2.60 bits per heavy atom. The van der Waals surface area contributed by atoms with E-state index in [0.29, 0.717) is 17.8 Å². The number of aryl methyl sites for hydroxylation is 1. The number of amides is 2. The van der Waals surface area contributed by atoms with E-state index in [1.807, 2.05) is 13.0 Å². The minimum atomic E-state index is -0.347. The fourth-order valence-corrected chi connectivity index (χ4v) is 3.23. The number of benzene rings is 1. The van der Waals surface area contributed by atoms with Crippen molar-refractivity contribution in [1.29, 1.82) is 0 Å². The number of anilines is 1. The molecule has 6 heteroatoms. The van der Waals surface area contributed by atoms with E-state index in [0.717, 1.165) is 31.2 Å². The third-order valence-electron chi connectivity index (χ3n) is 4.82. The quantitative estimate of drug-likeness (QED) is 0.779. The second-order valence-corrected chi connectivity index (χ2v) is 6.61. The van der Waals surface area contributed by atoms with Gasteiger partial charge in [0.1, 0.15) is 0 Å². The SMILES string of the molecule is Cc1ccc(C(=O)NC2(CN)CCCC2)cc1NC(=O)c1ccco1. The molecule has 0 bridgehead atoms. The van der Waals surface area contributed by atoms with Crippen LogP contribution in [0.3, 0.4) is 0 Å². The minimum Gasteiger partial charge on any atom is -0.459 e. The first-order chi connectivity index (χ1) is 12.0. The Morgan fingerprint density at radius 2 is 1.96 bits per heavy atom. The molecule has 0 spiro atoms. The summed E-state index contributed by atoms with van der Waals surface area (Å²) in [4.78, 5) is 24.8. The summed E-state index contributed by atoms with van der Waals surface area (Å²) in [6.45, 7) is 2.31. The Balaban J connectivity index is 1.76. The number of hydrogen-bond acceptors (Lipinski definition) is 4.